The lowest BCUT2D eigenvalue weighted by molar-refractivity contribution is 0.285. The fraction of sp³-hybridized carbons (Fsp3) is 0.769. The molecule has 1 aromatic heterocycles. The monoisotopic (exact) mass is 223 g/mol. The first-order valence-corrected chi connectivity index (χ1v) is 6.10. The van der Waals surface area contributed by atoms with Crippen molar-refractivity contribution in [1.29, 1.82) is 0 Å². The van der Waals surface area contributed by atoms with Crippen LogP contribution in [0, 0.1) is 11.3 Å². The van der Waals surface area contributed by atoms with Crippen molar-refractivity contribution in [2.24, 2.45) is 17.1 Å². The minimum atomic E-state index is 0.212. The third kappa shape index (κ3) is 5.31. The van der Waals surface area contributed by atoms with Crippen molar-refractivity contribution >= 4 is 0 Å². The lowest BCUT2D eigenvalue weighted by Gasteiger charge is -2.25. The standard InChI is InChI=1S/C13H25N3/c1-10(9-13(2,3)4)7-11(14)8-12-15-5-6-16-12/h5-6,10-11H,7-9,14H2,1-4H3,(H,15,16). The first-order chi connectivity index (χ1) is 7.37. The van der Waals surface area contributed by atoms with Gasteiger partial charge >= 0.3 is 0 Å². The number of H-pyrrole nitrogens is 1. The number of aromatic amines is 1. The van der Waals surface area contributed by atoms with E-state index in [1.807, 2.05) is 6.20 Å². The van der Waals surface area contributed by atoms with Crippen LogP contribution in [0.25, 0.3) is 0 Å². The van der Waals surface area contributed by atoms with E-state index in [-0.39, 0.29) is 6.04 Å². The molecular formula is C13H25N3. The number of nitrogens with zero attached hydrogens (tertiary/aromatic N) is 1. The molecule has 1 aromatic rings. The molecule has 1 rings (SSSR count). The van der Waals surface area contributed by atoms with Gasteiger partial charge in [-0.15, -0.1) is 0 Å². The van der Waals surface area contributed by atoms with Gasteiger partial charge in [-0.25, -0.2) is 4.98 Å². The minimum Gasteiger partial charge on any atom is -0.349 e. The van der Waals surface area contributed by atoms with Crippen molar-refractivity contribution in [2.75, 3.05) is 0 Å². The molecule has 3 heteroatoms. The lowest BCUT2D eigenvalue weighted by atomic mass is 9.82. The normalized spacial score (nSPS) is 16.1. The van der Waals surface area contributed by atoms with Crippen LogP contribution in [0.3, 0.4) is 0 Å². The fourth-order valence-corrected chi connectivity index (χ4v) is 2.39. The smallest absolute Gasteiger partial charge is 0.107 e. The molecule has 0 amide bonds. The van der Waals surface area contributed by atoms with Gasteiger partial charge in [-0.05, 0) is 24.2 Å². The highest BCUT2D eigenvalue weighted by atomic mass is 14.9. The summed E-state index contributed by atoms with van der Waals surface area (Å²) in [4.78, 5) is 7.30. The van der Waals surface area contributed by atoms with Crippen LogP contribution in [0.15, 0.2) is 12.4 Å². The van der Waals surface area contributed by atoms with Crippen molar-refractivity contribution in [1.82, 2.24) is 9.97 Å². The number of nitrogens with two attached hydrogens (primary N) is 1. The Kier molecular flexibility index (Phi) is 4.54. The maximum absolute atomic E-state index is 6.12. The third-order valence-corrected chi connectivity index (χ3v) is 2.68. The molecule has 0 aliphatic heterocycles. The number of nitrogens with one attached hydrogen (secondary N) is 1. The van der Waals surface area contributed by atoms with Gasteiger partial charge in [0.2, 0.25) is 0 Å². The van der Waals surface area contributed by atoms with Gasteiger partial charge in [0.25, 0.3) is 0 Å². The van der Waals surface area contributed by atoms with Gasteiger partial charge in [0.05, 0.1) is 0 Å². The Balaban J connectivity index is 2.31. The van der Waals surface area contributed by atoms with E-state index in [4.69, 9.17) is 5.73 Å². The topological polar surface area (TPSA) is 54.7 Å². The van der Waals surface area contributed by atoms with E-state index >= 15 is 0 Å². The molecule has 0 aliphatic carbocycles. The molecule has 2 atom stereocenters. The minimum absolute atomic E-state index is 0.212. The second-order valence-electron chi connectivity index (χ2n) is 6.11. The van der Waals surface area contributed by atoms with Crippen LogP contribution in [-0.2, 0) is 6.42 Å². The Morgan fingerprint density at radius 2 is 2.12 bits per heavy atom. The zero-order valence-corrected chi connectivity index (χ0v) is 11.0. The zero-order chi connectivity index (χ0) is 12.2. The number of hydrogen-bond donors (Lipinski definition) is 2. The molecule has 2 unspecified atom stereocenters. The van der Waals surface area contributed by atoms with Gasteiger partial charge in [-0.2, -0.15) is 0 Å². The van der Waals surface area contributed by atoms with Gasteiger partial charge in [0.1, 0.15) is 5.82 Å². The van der Waals surface area contributed by atoms with E-state index in [1.54, 1.807) is 6.20 Å². The van der Waals surface area contributed by atoms with Crippen LogP contribution >= 0.6 is 0 Å². The molecule has 0 spiro atoms. The zero-order valence-electron chi connectivity index (χ0n) is 11.0. The Bertz CT molecular complexity index is 285. The average Bonchev–Trinajstić information content (AvgIpc) is 2.51. The van der Waals surface area contributed by atoms with Crippen molar-refractivity contribution in [3.63, 3.8) is 0 Å². The average molecular weight is 223 g/mol. The number of aromatic nitrogens is 2. The number of hydrogen-bond acceptors (Lipinski definition) is 2. The van der Waals surface area contributed by atoms with Crippen LogP contribution in [0.5, 0.6) is 0 Å². The van der Waals surface area contributed by atoms with Gasteiger partial charge < -0.3 is 10.7 Å². The molecule has 0 bridgehead atoms. The largest absolute Gasteiger partial charge is 0.349 e. The van der Waals surface area contributed by atoms with Gasteiger partial charge in [-0.3, -0.25) is 0 Å². The van der Waals surface area contributed by atoms with E-state index in [0.717, 1.165) is 18.7 Å². The van der Waals surface area contributed by atoms with Crippen LogP contribution in [0.4, 0.5) is 0 Å². The van der Waals surface area contributed by atoms with Crippen LogP contribution in [-0.4, -0.2) is 16.0 Å². The van der Waals surface area contributed by atoms with Gasteiger partial charge in [-0.1, -0.05) is 27.7 Å². The van der Waals surface area contributed by atoms with Crippen molar-refractivity contribution in [3.05, 3.63) is 18.2 Å². The summed E-state index contributed by atoms with van der Waals surface area (Å²) in [6, 6.07) is 0.212. The van der Waals surface area contributed by atoms with E-state index < -0.39 is 0 Å². The van der Waals surface area contributed by atoms with E-state index in [1.165, 1.54) is 6.42 Å². The molecule has 16 heavy (non-hydrogen) atoms. The first kappa shape index (κ1) is 13.2. The fourth-order valence-electron chi connectivity index (χ4n) is 2.39. The summed E-state index contributed by atoms with van der Waals surface area (Å²) in [5, 5.41) is 0. The highest BCUT2D eigenvalue weighted by Gasteiger charge is 2.17. The molecular weight excluding hydrogens is 198 g/mol. The molecule has 0 aliphatic rings. The quantitative estimate of drug-likeness (QED) is 0.806. The van der Waals surface area contributed by atoms with E-state index in [2.05, 4.69) is 37.7 Å². The predicted molar refractivity (Wildman–Crippen MR) is 68.1 cm³/mol. The SMILES string of the molecule is CC(CC(N)Cc1ncc[nH]1)CC(C)(C)C. The Morgan fingerprint density at radius 1 is 1.44 bits per heavy atom. The summed E-state index contributed by atoms with van der Waals surface area (Å²) >= 11 is 0. The summed E-state index contributed by atoms with van der Waals surface area (Å²) in [6.45, 7) is 9.12. The second kappa shape index (κ2) is 5.48. The predicted octanol–water partition coefficient (Wildman–Crippen LogP) is 2.74. The van der Waals surface area contributed by atoms with E-state index in [0.29, 0.717) is 11.3 Å². The molecule has 3 N–H and O–H groups in total. The molecule has 0 radical (unpaired) electrons. The van der Waals surface area contributed by atoms with Crippen LogP contribution in [0.2, 0.25) is 0 Å². The summed E-state index contributed by atoms with van der Waals surface area (Å²) < 4.78 is 0. The van der Waals surface area contributed by atoms with Gasteiger partial charge in [0, 0.05) is 24.9 Å². The van der Waals surface area contributed by atoms with Crippen molar-refractivity contribution in [3.8, 4) is 0 Å². The molecule has 0 saturated carbocycles. The lowest BCUT2D eigenvalue weighted by Crippen LogP contribution is -2.27. The number of imidazole rings is 1. The molecule has 1 heterocycles. The molecule has 0 saturated heterocycles. The molecule has 0 aromatic carbocycles. The second-order valence-corrected chi connectivity index (χ2v) is 6.11. The first-order valence-electron chi connectivity index (χ1n) is 6.10. The highest BCUT2D eigenvalue weighted by Crippen LogP contribution is 2.26. The van der Waals surface area contributed by atoms with Crippen molar-refractivity contribution in [2.45, 2.75) is 53.0 Å². The summed E-state index contributed by atoms with van der Waals surface area (Å²) in [7, 11) is 0. The van der Waals surface area contributed by atoms with Gasteiger partial charge in [0.15, 0.2) is 0 Å². The molecule has 92 valence electrons. The molecule has 0 fully saturated rings. The summed E-state index contributed by atoms with van der Waals surface area (Å²) in [6.07, 6.45) is 6.76. The Morgan fingerprint density at radius 3 is 2.62 bits per heavy atom. The maximum atomic E-state index is 6.12. The summed E-state index contributed by atoms with van der Waals surface area (Å²) in [5.41, 5.74) is 6.52. The Hall–Kier alpha value is -0.830. The van der Waals surface area contributed by atoms with E-state index in [9.17, 15) is 0 Å². The molecule has 3 nitrogen and oxygen atoms in total. The number of rotatable bonds is 5. The Labute approximate surface area is 98.8 Å². The van der Waals surface area contributed by atoms with Crippen LogP contribution in [0.1, 0.15) is 46.4 Å². The third-order valence-electron chi connectivity index (χ3n) is 2.68. The maximum Gasteiger partial charge on any atom is 0.107 e. The summed E-state index contributed by atoms with van der Waals surface area (Å²) in [5.74, 6) is 1.67. The van der Waals surface area contributed by atoms with Crippen LogP contribution < -0.4 is 5.73 Å². The highest BCUT2D eigenvalue weighted by molar-refractivity contribution is 4.90. The van der Waals surface area contributed by atoms with Crippen molar-refractivity contribution < 1.29 is 0 Å².